The molecule has 0 amide bonds. The average molecular weight is 466 g/mol. The molecule has 2 aromatic carbocycles. The summed E-state index contributed by atoms with van der Waals surface area (Å²) in [6.45, 7) is 2.19. The van der Waals surface area contributed by atoms with Crippen LogP contribution in [0.4, 0.5) is 0 Å². The molecule has 3 aromatic rings. The van der Waals surface area contributed by atoms with Crippen LogP contribution in [0.5, 0.6) is 5.75 Å². The molecule has 0 unspecified atom stereocenters. The molecule has 0 radical (unpaired) electrons. The number of halogens is 2. The zero-order valence-corrected chi connectivity index (χ0v) is 18.9. The molecule has 0 bridgehead atoms. The molecule has 0 aliphatic heterocycles. The SMILES string of the molecule is CCOC(=O)CCCSc1nnc(-c2ccc(OC)cc2)n1-c1ccc(Cl)c(Cl)c1. The van der Waals surface area contributed by atoms with Crippen LogP contribution in [0, 0.1) is 0 Å². The number of rotatable bonds is 9. The van der Waals surface area contributed by atoms with Crippen molar-refractivity contribution in [2.24, 2.45) is 0 Å². The molecular formula is C21H21Cl2N3O3S. The largest absolute Gasteiger partial charge is 0.497 e. The quantitative estimate of drug-likeness (QED) is 0.230. The number of carbonyl (C=O) groups is 1. The molecule has 0 saturated carbocycles. The maximum absolute atomic E-state index is 11.6. The number of benzene rings is 2. The highest BCUT2D eigenvalue weighted by atomic mass is 35.5. The van der Waals surface area contributed by atoms with Crippen molar-refractivity contribution in [3.8, 4) is 22.8 Å². The standard InChI is InChI=1S/C21H21Cl2N3O3S/c1-3-29-19(27)5-4-12-30-21-25-24-20(14-6-9-16(28-2)10-7-14)26(21)15-8-11-17(22)18(23)13-15/h6-11,13H,3-5,12H2,1-2H3. The number of hydrogen-bond donors (Lipinski definition) is 0. The maximum atomic E-state index is 11.6. The number of ether oxygens (including phenoxy) is 2. The van der Waals surface area contributed by atoms with E-state index in [4.69, 9.17) is 32.7 Å². The smallest absolute Gasteiger partial charge is 0.305 e. The van der Waals surface area contributed by atoms with Gasteiger partial charge in [-0.05, 0) is 55.8 Å². The van der Waals surface area contributed by atoms with Crippen LogP contribution in [0.3, 0.4) is 0 Å². The van der Waals surface area contributed by atoms with Crippen molar-refractivity contribution in [2.45, 2.75) is 24.9 Å². The van der Waals surface area contributed by atoms with E-state index < -0.39 is 0 Å². The van der Waals surface area contributed by atoms with Gasteiger partial charge in [-0.25, -0.2) is 0 Å². The van der Waals surface area contributed by atoms with E-state index in [1.807, 2.05) is 34.9 Å². The van der Waals surface area contributed by atoms with Crippen LogP contribution in [-0.4, -0.2) is 40.2 Å². The summed E-state index contributed by atoms with van der Waals surface area (Å²) in [6.07, 6.45) is 1.04. The minimum Gasteiger partial charge on any atom is -0.497 e. The summed E-state index contributed by atoms with van der Waals surface area (Å²) in [5.41, 5.74) is 1.68. The zero-order valence-electron chi connectivity index (χ0n) is 16.6. The highest BCUT2D eigenvalue weighted by molar-refractivity contribution is 7.99. The molecule has 3 rings (SSSR count). The molecule has 0 saturated heterocycles. The summed E-state index contributed by atoms with van der Waals surface area (Å²) in [7, 11) is 1.62. The first-order valence-corrected chi connectivity index (χ1v) is 11.1. The van der Waals surface area contributed by atoms with Crippen LogP contribution in [0.2, 0.25) is 10.0 Å². The molecule has 0 aliphatic carbocycles. The van der Waals surface area contributed by atoms with Crippen LogP contribution >= 0.6 is 35.0 Å². The Morgan fingerprint density at radius 2 is 1.87 bits per heavy atom. The summed E-state index contributed by atoms with van der Waals surface area (Å²) in [4.78, 5) is 11.6. The van der Waals surface area contributed by atoms with Gasteiger partial charge in [-0.15, -0.1) is 10.2 Å². The number of carbonyl (C=O) groups excluding carboxylic acids is 1. The van der Waals surface area contributed by atoms with Gasteiger partial charge in [-0.2, -0.15) is 0 Å². The summed E-state index contributed by atoms with van der Waals surface area (Å²) >= 11 is 13.9. The molecule has 0 aliphatic rings. The van der Waals surface area contributed by atoms with Crippen LogP contribution < -0.4 is 4.74 Å². The number of nitrogens with zero attached hydrogens (tertiary/aromatic N) is 3. The fourth-order valence-corrected chi connectivity index (χ4v) is 3.94. The molecule has 30 heavy (non-hydrogen) atoms. The van der Waals surface area contributed by atoms with Gasteiger partial charge < -0.3 is 9.47 Å². The Balaban J connectivity index is 1.89. The molecule has 158 valence electrons. The Labute approximate surface area is 189 Å². The van der Waals surface area contributed by atoms with Crippen molar-refractivity contribution in [2.75, 3.05) is 19.5 Å². The number of aromatic nitrogens is 3. The van der Waals surface area contributed by atoms with Gasteiger partial charge in [0, 0.05) is 17.7 Å². The van der Waals surface area contributed by atoms with Gasteiger partial charge in [0.1, 0.15) is 5.75 Å². The molecule has 6 nitrogen and oxygen atoms in total. The van der Waals surface area contributed by atoms with Crippen molar-refractivity contribution in [1.82, 2.24) is 14.8 Å². The van der Waals surface area contributed by atoms with Crippen LogP contribution in [0.1, 0.15) is 19.8 Å². The van der Waals surface area contributed by atoms with Gasteiger partial charge in [0.05, 0.1) is 29.4 Å². The molecular weight excluding hydrogens is 445 g/mol. The fourth-order valence-electron chi connectivity index (χ4n) is 2.76. The first-order chi connectivity index (χ1) is 14.5. The molecule has 0 spiro atoms. The van der Waals surface area contributed by atoms with E-state index in [0.717, 1.165) is 17.0 Å². The Bertz CT molecular complexity index is 1010. The van der Waals surface area contributed by atoms with E-state index in [1.165, 1.54) is 11.8 Å². The minimum absolute atomic E-state index is 0.192. The Morgan fingerprint density at radius 3 is 2.53 bits per heavy atom. The molecule has 1 aromatic heterocycles. The lowest BCUT2D eigenvalue weighted by atomic mass is 10.2. The van der Waals surface area contributed by atoms with E-state index in [9.17, 15) is 4.79 Å². The van der Waals surface area contributed by atoms with E-state index >= 15 is 0 Å². The molecule has 0 fully saturated rings. The van der Waals surface area contributed by atoms with Gasteiger partial charge in [0.15, 0.2) is 11.0 Å². The predicted octanol–water partition coefficient (Wildman–Crippen LogP) is 5.69. The Kier molecular flexibility index (Phi) is 8.01. The number of thioether (sulfide) groups is 1. The number of esters is 1. The lowest BCUT2D eigenvalue weighted by Crippen LogP contribution is -2.04. The molecule has 0 N–H and O–H groups in total. The summed E-state index contributed by atoms with van der Waals surface area (Å²) in [6, 6.07) is 13.0. The second kappa shape index (κ2) is 10.7. The third-order valence-corrected chi connectivity index (χ3v) is 5.96. The van der Waals surface area contributed by atoms with Gasteiger partial charge in [-0.1, -0.05) is 35.0 Å². The normalized spacial score (nSPS) is 10.8. The third kappa shape index (κ3) is 5.47. The Morgan fingerprint density at radius 1 is 1.10 bits per heavy atom. The second-order valence-electron chi connectivity index (χ2n) is 6.23. The lowest BCUT2D eigenvalue weighted by molar-refractivity contribution is -0.143. The van der Waals surface area contributed by atoms with Crippen molar-refractivity contribution >= 4 is 40.9 Å². The maximum Gasteiger partial charge on any atom is 0.305 e. The third-order valence-electron chi connectivity index (χ3n) is 4.20. The molecule has 0 atom stereocenters. The zero-order chi connectivity index (χ0) is 21.5. The highest BCUT2D eigenvalue weighted by Crippen LogP contribution is 2.32. The number of hydrogen-bond acceptors (Lipinski definition) is 6. The predicted molar refractivity (Wildman–Crippen MR) is 120 cm³/mol. The van der Waals surface area contributed by atoms with E-state index in [0.29, 0.717) is 46.2 Å². The van der Waals surface area contributed by atoms with Gasteiger partial charge >= 0.3 is 5.97 Å². The second-order valence-corrected chi connectivity index (χ2v) is 8.10. The summed E-state index contributed by atoms with van der Waals surface area (Å²) < 4.78 is 12.1. The first kappa shape index (κ1) is 22.5. The highest BCUT2D eigenvalue weighted by Gasteiger charge is 2.17. The average Bonchev–Trinajstić information content (AvgIpc) is 3.17. The fraction of sp³-hybridized carbons (Fsp3) is 0.286. The molecule has 1 heterocycles. The summed E-state index contributed by atoms with van der Waals surface area (Å²) in [5.74, 6) is 1.93. The van der Waals surface area contributed by atoms with E-state index in [2.05, 4.69) is 10.2 Å². The van der Waals surface area contributed by atoms with Crippen molar-refractivity contribution in [3.05, 3.63) is 52.5 Å². The Hall–Kier alpha value is -2.22. The van der Waals surface area contributed by atoms with Crippen LogP contribution in [0.25, 0.3) is 17.1 Å². The van der Waals surface area contributed by atoms with Crippen molar-refractivity contribution in [1.29, 1.82) is 0 Å². The topological polar surface area (TPSA) is 66.2 Å². The summed E-state index contributed by atoms with van der Waals surface area (Å²) in [5, 5.41) is 10.4. The van der Waals surface area contributed by atoms with Crippen LogP contribution in [0.15, 0.2) is 47.6 Å². The number of methoxy groups -OCH3 is 1. The minimum atomic E-state index is -0.192. The van der Waals surface area contributed by atoms with Gasteiger partial charge in [0.2, 0.25) is 0 Å². The molecule has 9 heteroatoms. The first-order valence-electron chi connectivity index (χ1n) is 9.37. The van der Waals surface area contributed by atoms with Crippen molar-refractivity contribution < 1.29 is 14.3 Å². The van der Waals surface area contributed by atoms with E-state index in [-0.39, 0.29) is 5.97 Å². The monoisotopic (exact) mass is 465 g/mol. The lowest BCUT2D eigenvalue weighted by Gasteiger charge is -2.11. The van der Waals surface area contributed by atoms with Gasteiger partial charge in [-0.3, -0.25) is 9.36 Å². The van der Waals surface area contributed by atoms with E-state index in [1.54, 1.807) is 26.2 Å². The van der Waals surface area contributed by atoms with Crippen molar-refractivity contribution in [3.63, 3.8) is 0 Å². The van der Waals surface area contributed by atoms with Gasteiger partial charge in [0.25, 0.3) is 0 Å². The van der Waals surface area contributed by atoms with Crippen LogP contribution in [-0.2, 0) is 9.53 Å².